The Morgan fingerprint density at radius 3 is 2.48 bits per heavy atom. The first kappa shape index (κ1) is 13.8. The minimum absolute atomic E-state index is 0.0146. The van der Waals surface area contributed by atoms with Crippen LogP contribution in [0.5, 0.6) is 0 Å². The molecule has 21 heavy (non-hydrogen) atoms. The minimum atomic E-state index is 0.0146. The van der Waals surface area contributed by atoms with Gasteiger partial charge in [0.05, 0.1) is 0 Å². The highest BCUT2D eigenvalue weighted by Crippen LogP contribution is 2.17. The molecule has 3 aromatic rings. The van der Waals surface area contributed by atoms with E-state index < -0.39 is 0 Å². The van der Waals surface area contributed by atoms with Crippen LogP contribution in [0.25, 0.3) is 16.8 Å². The van der Waals surface area contributed by atoms with Gasteiger partial charge < -0.3 is 0 Å². The van der Waals surface area contributed by atoms with E-state index in [1.165, 1.54) is 0 Å². The Morgan fingerprint density at radius 2 is 1.67 bits per heavy atom. The third-order valence-electron chi connectivity index (χ3n) is 3.31. The van der Waals surface area contributed by atoms with Crippen molar-refractivity contribution in [1.29, 1.82) is 0 Å². The Morgan fingerprint density at radius 1 is 0.857 bits per heavy atom. The van der Waals surface area contributed by atoms with Gasteiger partial charge in [0.2, 0.25) is 0 Å². The monoisotopic (exact) mass is 336 g/mol. The first-order chi connectivity index (χ1) is 10.2. The molecule has 3 aromatic carbocycles. The molecule has 0 aliphatic heterocycles. The number of rotatable bonds is 3. The standard InChI is InChI=1S/C19H13BrO/c20-18-7-3-4-14(12-18)8-11-19(21)17-10-9-15-5-1-2-6-16(15)13-17/h1-13H/b11-8-. The summed E-state index contributed by atoms with van der Waals surface area (Å²) in [5.74, 6) is 0.0146. The molecular formula is C19H13BrO. The van der Waals surface area contributed by atoms with Crippen molar-refractivity contribution in [2.45, 2.75) is 0 Å². The lowest BCUT2D eigenvalue weighted by atomic mass is 10.0. The highest BCUT2D eigenvalue weighted by atomic mass is 79.9. The molecule has 102 valence electrons. The van der Waals surface area contributed by atoms with Crippen LogP contribution in [0.15, 0.2) is 77.3 Å². The molecule has 2 heteroatoms. The molecule has 0 amide bonds. The van der Waals surface area contributed by atoms with Crippen molar-refractivity contribution in [2.75, 3.05) is 0 Å². The highest BCUT2D eigenvalue weighted by molar-refractivity contribution is 9.10. The molecular weight excluding hydrogens is 324 g/mol. The van der Waals surface area contributed by atoms with Gasteiger partial charge in [-0.25, -0.2) is 0 Å². The first-order valence-corrected chi connectivity index (χ1v) is 7.48. The Labute approximate surface area is 132 Å². The zero-order valence-corrected chi connectivity index (χ0v) is 12.9. The van der Waals surface area contributed by atoms with Crippen LogP contribution in [0.4, 0.5) is 0 Å². The maximum Gasteiger partial charge on any atom is 0.185 e. The normalized spacial score (nSPS) is 11.1. The molecule has 0 heterocycles. The summed E-state index contributed by atoms with van der Waals surface area (Å²) in [6.45, 7) is 0. The number of ketones is 1. The molecule has 0 saturated carbocycles. The second-order valence-electron chi connectivity index (χ2n) is 4.81. The maximum absolute atomic E-state index is 12.2. The van der Waals surface area contributed by atoms with Crippen molar-refractivity contribution in [3.63, 3.8) is 0 Å². The molecule has 0 radical (unpaired) electrons. The highest BCUT2D eigenvalue weighted by Gasteiger charge is 2.02. The van der Waals surface area contributed by atoms with E-state index in [0.29, 0.717) is 5.56 Å². The van der Waals surface area contributed by atoms with Gasteiger partial charge in [0.1, 0.15) is 0 Å². The Hall–Kier alpha value is -2.19. The number of hydrogen-bond donors (Lipinski definition) is 0. The predicted octanol–water partition coefficient (Wildman–Crippen LogP) is 5.50. The van der Waals surface area contributed by atoms with E-state index >= 15 is 0 Å². The zero-order chi connectivity index (χ0) is 14.7. The van der Waals surface area contributed by atoms with Gasteiger partial charge in [0.25, 0.3) is 0 Å². The third kappa shape index (κ3) is 3.29. The Kier molecular flexibility index (Phi) is 3.98. The number of benzene rings is 3. The van der Waals surface area contributed by atoms with Crippen LogP contribution in [0.2, 0.25) is 0 Å². The van der Waals surface area contributed by atoms with Gasteiger partial charge >= 0.3 is 0 Å². The molecule has 0 unspecified atom stereocenters. The smallest absolute Gasteiger partial charge is 0.185 e. The van der Waals surface area contributed by atoms with E-state index in [2.05, 4.69) is 15.9 Å². The summed E-state index contributed by atoms with van der Waals surface area (Å²) in [6, 6.07) is 21.7. The van der Waals surface area contributed by atoms with Crippen LogP contribution in [-0.2, 0) is 0 Å². The van der Waals surface area contributed by atoms with E-state index in [1.54, 1.807) is 6.08 Å². The molecule has 0 aromatic heterocycles. The molecule has 0 saturated heterocycles. The van der Waals surface area contributed by atoms with E-state index in [0.717, 1.165) is 20.8 Å². The maximum atomic E-state index is 12.2. The quantitative estimate of drug-likeness (QED) is 0.456. The largest absolute Gasteiger partial charge is 0.289 e. The average molecular weight is 337 g/mol. The number of halogens is 1. The van der Waals surface area contributed by atoms with Crippen molar-refractivity contribution in [1.82, 2.24) is 0 Å². The first-order valence-electron chi connectivity index (χ1n) is 6.69. The zero-order valence-electron chi connectivity index (χ0n) is 11.3. The van der Waals surface area contributed by atoms with Crippen molar-refractivity contribution in [3.05, 3.63) is 88.4 Å². The van der Waals surface area contributed by atoms with Gasteiger partial charge in [-0.15, -0.1) is 0 Å². The molecule has 1 nitrogen and oxygen atoms in total. The van der Waals surface area contributed by atoms with Crippen LogP contribution in [0, 0.1) is 0 Å². The Bertz CT molecular complexity index is 834. The second kappa shape index (κ2) is 6.06. The van der Waals surface area contributed by atoms with Gasteiger partial charge in [0, 0.05) is 10.0 Å². The Balaban J connectivity index is 1.86. The third-order valence-corrected chi connectivity index (χ3v) is 3.80. The number of carbonyl (C=O) groups excluding carboxylic acids is 1. The summed E-state index contributed by atoms with van der Waals surface area (Å²) >= 11 is 3.42. The summed E-state index contributed by atoms with van der Waals surface area (Å²) in [5.41, 5.74) is 1.71. The van der Waals surface area contributed by atoms with Crippen molar-refractivity contribution < 1.29 is 4.79 Å². The van der Waals surface area contributed by atoms with E-state index in [1.807, 2.05) is 72.8 Å². The summed E-state index contributed by atoms with van der Waals surface area (Å²) < 4.78 is 1.00. The van der Waals surface area contributed by atoms with Gasteiger partial charge in [-0.3, -0.25) is 4.79 Å². The number of hydrogen-bond acceptors (Lipinski definition) is 1. The van der Waals surface area contributed by atoms with E-state index in [-0.39, 0.29) is 5.78 Å². The van der Waals surface area contributed by atoms with Gasteiger partial charge in [-0.05, 0) is 40.6 Å². The summed E-state index contributed by atoms with van der Waals surface area (Å²) in [5, 5.41) is 2.23. The molecule has 0 bridgehead atoms. The van der Waals surface area contributed by atoms with Crippen LogP contribution >= 0.6 is 15.9 Å². The van der Waals surface area contributed by atoms with Crippen molar-refractivity contribution in [2.24, 2.45) is 0 Å². The van der Waals surface area contributed by atoms with Crippen molar-refractivity contribution in [3.8, 4) is 0 Å². The predicted molar refractivity (Wildman–Crippen MR) is 91.5 cm³/mol. The topological polar surface area (TPSA) is 17.1 Å². The number of carbonyl (C=O) groups is 1. The van der Waals surface area contributed by atoms with Gasteiger partial charge in [-0.2, -0.15) is 0 Å². The molecule has 3 rings (SSSR count). The van der Waals surface area contributed by atoms with Gasteiger partial charge in [-0.1, -0.05) is 70.5 Å². The lowest BCUT2D eigenvalue weighted by molar-refractivity contribution is 0.104. The fourth-order valence-corrected chi connectivity index (χ4v) is 2.64. The summed E-state index contributed by atoms with van der Waals surface area (Å²) in [6.07, 6.45) is 3.45. The van der Waals surface area contributed by atoms with Crippen LogP contribution in [-0.4, -0.2) is 5.78 Å². The van der Waals surface area contributed by atoms with E-state index in [4.69, 9.17) is 0 Å². The van der Waals surface area contributed by atoms with Crippen LogP contribution in [0.3, 0.4) is 0 Å². The molecule has 0 fully saturated rings. The van der Waals surface area contributed by atoms with Crippen molar-refractivity contribution >= 4 is 38.6 Å². The lowest BCUT2D eigenvalue weighted by Crippen LogP contribution is -1.93. The molecule has 0 aliphatic carbocycles. The van der Waals surface area contributed by atoms with Crippen LogP contribution in [0.1, 0.15) is 15.9 Å². The fraction of sp³-hybridized carbons (Fsp3) is 0. The molecule has 0 aliphatic rings. The SMILES string of the molecule is O=C(/C=C\c1cccc(Br)c1)c1ccc2ccccc2c1. The molecule has 0 spiro atoms. The fourth-order valence-electron chi connectivity index (χ4n) is 2.22. The summed E-state index contributed by atoms with van der Waals surface area (Å²) in [7, 11) is 0. The number of allylic oxidation sites excluding steroid dienone is 1. The molecule has 0 N–H and O–H groups in total. The van der Waals surface area contributed by atoms with Crippen LogP contribution < -0.4 is 0 Å². The lowest BCUT2D eigenvalue weighted by Gasteiger charge is -2.00. The molecule has 0 atom stereocenters. The van der Waals surface area contributed by atoms with E-state index in [9.17, 15) is 4.79 Å². The minimum Gasteiger partial charge on any atom is -0.289 e. The second-order valence-corrected chi connectivity index (χ2v) is 5.73. The number of fused-ring (bicyclic) bond motifs is 1. The average Bonchev–Trinajstić information content (AvgIpc) is 2.52. The summed E-state index contributed by atoms with van der Waals surface area (Å²) in [4.78, 5) is 12.2. The van der Waals surface area contributed by atoms with Gasteiger partial charge in [0.15, 0.2) is 5.78 Å².